The smallest absolute Gasteiger partial charge is 0.140 e. The van der Waals surface area contributed by atoms with E-state index in [0.717, 1.165) is 26.2 Å². The van der Waals surface area contributed by atoms with E-state index < -0.39 is 0 Å². The molecule has 17 heavy (non-hydrogen) atoms. The van der Waals surface area contributed by atoms with Crippen molar-refractivity contribution in [3.05, 3.63) is 29.6 Å². The van der Waals surface area contributed by atoms with E-state index >= 15 is 0 Å². The highest BCUT2D eigenvalue weighted by Crippen LogP contribution is 2.11. The van der Waals surface area contributed by atoms with Crippen molar-refractivity contribution in [1.82, 2.24) is 14.8 Å². The van der Waals surface area contributed by atoms with Gasteiger partial charge in [0.05, 0.1) is 0 Å². The Hall–Kier alpha value is -1.44. The summed E-state index contributed by atoms with van der Waals surface area (Å²) in [4.78, 5) is 8.80. The van der Waals surface area contributed by atoms with Gasteiger partial charge in [-0.2, -0.15) is 5.26 Å². The molecule has 1 aliphatic heterocycles. The third kappa shape index (κ3) is 3.02. The summed E-state index contributed by atoms with van der Waals surface area (Å²) in [7, 11) is 2.17. The second kappa shape index (κ2) is 5.26. The van der Waals surface area contributed by atoms with Gasteiger partial charge in [-0.05, 0) is 31.7 Å². The van der Waals surface area contributed by atoms with E-state index in [-0.39, 0.29) is 0 Å². The molecule has 0 saturated carbocycles. The number of pyridine rings is 1. The van der Waals surface area contributed by atoms with Gasteiger partial charge in [-0.1, -0.05) is 0 Å². The molecule has 0 amide bonds. The number of aromatic nitrogens is 1. The summed E-state index contributed by atoms with van der Waals surface area (Å²) in [6, 6.07) is 6.55. The molecule has 0 aliphatic carbocycles. The molecule has 1 aromatic heterocycles. The first-order valence-corrected chi connectivity index (χ1v) is 5.96. The number of piperazine rings is 1. The second-order valence-corrected chi connectivity index (χ2v) is 4.73. The molecule has 0 spiro atoms. The Bertz CT molecular complexity index is 424. The number of nitriles is 1. The Kier molecular flexibility index (Phi) is 3.72. The Morgan fingerprint density at radius 2 is 2.35 bits per heavy atom. The summed E-state index contributed by atoms with van der Waals surface area (Å²) in [6.07, 6.45) is 1.72. The minimum Gasteiger partial charge on any atom is -0.301 e. The van der Waals surface area contributed by atoms with Crippen LogP contribution in [0.5, 0.6) is 0 Å². The molecule has 0 aromatic carbocycles. The van der Waals surface area contributed by atoms with E-state index in [2.05, 4.69) is 34.8 Å². The molecule has 0 N–H and O–H groups in total. The average molecular weight is 230 g/mol. The highest BCUT2D eigenvalue weighted by atomic mass is 15.3. The molecule has 2 heterocycles. The third-order valence-corrected chi connectivity index (χ3v) is 3.39. The standard InChI is InChI=1S/C13H18N4/c1-11-9-17(6-5-16(11)2)10-12-3-4-15-13(7-12)8-14/h3-4,7,11H,5-6,9-10H2,1-2H3. The zero-order valence-corrected chi connectivity index (χ0v) is 10.4. The monoisotopic (exact) mass is 230 g/mol. The summed E-state index contributed by atoms with van der Waals surface area (Å²) < 4.78 is 0. The van der Waals surface area contributed by atoms with E-state index in [9.17, 15) is 0 Å². The molecule has 0 radical (unpaired) electrons. The SMILES string of the molecule is CC1CN(Cc2ccnc(C#N)c2)CCN1C. The van der Waals surface area contributed by atoms with Crippen LogP contribution in [-0.2, 0) is 6.54 Å². The topological polar surface area (TPSA) is 43.2 Å². The van der Waals surface area contributed by atoms with Crippen LogP contribution in [0.15, 0.2) is 18.3 Å². The van der Waals surface area contributed by atoms with Gasteiger partial charge in [-0.15, -0.1) is 0 Å². The maximum Gasteiger partial charge on any atom is 0.140 e. The highest BCUT2D eigenvalue weighted by Gasteiger charge is 2.20. The number of hydrogen-bond acceptors (Lipinski definition) is 4. The van der Waals surface area contributed by atoms with Crippen molar-refractivity contribution >= 4 is 0 Å². The molecule has 2 rings (SSSR count). The first kappa shape index (κ1) is 12.0. The van der Waals surface area contributed by atoms with Gasteiger partial charge in [-0.25, -0.2) is 4.98 Å². The summed E-state index contributed by atoms with van der Waals surface area (Å²) in [5, 5.41) is 8.81. The molecule has 90 valence electrons. The molecule has 4 heteroatoms. The van der Waals surface area contributed by atoms with Crippen LogP contribution < -0.4 is 0 Å². The summed E-state index contributed by atoms with van der Waals surface area (Å²) >= 11 is 0. The zero-order chi connectivity index (χ0) is 12.3. The van der Waals surface area contributed by atoms with Crippen molar-refractivity contribution in [2.45, 2.75) is 19.5 Å². The van der Waals surface area contributed by atoms with Gasteiger partial charge < -0.3 is 4.90 Å². The second-order valence-electron chi connectivity index (χ2n) is 4.73. The molecule has 1 atom stereocenters. The molecule has 1 aromatic rings. The number of nitrogens with zero attached hydrogens (tertiary/aromatic N) is 4. The van der Waals surface area contributed by atoms with E-state index in [1.807, 2.05) is 12.1 Å². The van der Waals surface area contributed by atoms with E-state index in [0.29, 0.717) is 11.7 Å². The van der Waals surface area contributed by atoms with Gasteiger partial charge >= 0.3 is 0 Å². The van der Waals surface area contributed by atoms with Gasteiger partial charge in [-0.3, -0.25) is 4.90 Å². The number of hydrogen-bond donors (Lipinski definition) is 0. The Balaban J connectivity index is 1.99. The van der Waals surface area contributed by atoms with Crippen LogP contribution in [0.25, 0.3) is 0 Å². The van der Waals surface area contributed by atoms with Crippen molar-refractivity contribution < 1.29 is 0 Å². The lowest BCUT2D eigenvalue weighted by atomic mass is 10.1. The van der Waals surface area contributed by atoms with Crippen LogP contribution in [-0.4, -0.2) is 47.5 Å². The number of rotatable bonds is 2. The molecule has 1 saturated heterocycles. The zero-order valence-electron chi connectivity index (χ0n) is 10.4. The van der Waals surface area contributed by atoms with Crippen molar-refractivity contribution in [3.63, 3.8) is 0 Å². The van der Waals surface area contributed by atoms with Gasteiger partial charge in [0.25, 0.3) is 0 Å². The highest BCUT2D eigenvalue weighted by molar-refractivity contribution is 5.25. The maximum absolute atomic E-state index is 8.81. The Morgan fingerprint density at radius 1 is 1.53 bits per heavy atom. The van der Waals surface area contributed by atoms with Gasteiger partial charge in [0.15, 0.2) is 0 Å². The molecule has 1 unspecified atom stereocenters. The van der Waals surface area contributed by atoms with Crippen LogP contribution in [0, 0.1) is 11.3 Å². The van der Waals surface area contributed by atoms with E-state index in [1.54, 1.807) is 6.20 Å². The molecule has 0 bridgehead atoms. The largest absolute Gasteiger partial charge is 0.301 e. The average Bonchev–Trinajstić information content (AvgIpc) is 2.34. The first-order valence-electron chi connectivity index (χ1n) is 5.96. The molecule has 1 aliphatic rings. The van der Waals surface area contributed by atoms with Crippen molar-refractivity contribution in [3.8, 4) is 6.07 Å². The van der Waals surface area contributed by atoms with Crippen molar-refractivity contribution in [1.29, 1.82) is 5.26 Å². The first-order chi connectivity index (χ1) is 8.19. The fourth-order valence-electron chi connectivity index (χ4n) is 2.16. The third-order valence-electron chi connectivity index (χ3n) is 3.39. The quantitative estimate of drug-likeness (QED) is 0.763. The minimum atomic E-state index is 0.504. The fraction of sp³-hybridized carbons (Fsp3) is 0.538. The van der Waals surface area contributed by atoms with E-state index in [4.69, 9.17) is 5.26 Å². The van der Waals surface area contributed by atoms with Crippen molar-refractivity contribution in [2.75, 3.05) is 26.7 Å². The molecular formula is C13H18N4. The normalized spacial score (nSPS) is 22.3. The van der Waals surface area contributed by atoms with Gasteiger partial charge in [0.1, 0.15) is 11.8 Å². The van der Waals surface area contributed by atoms with Crippen LogP contribution in [0.3, 0.4) is 0 Å². The van der Waals surface area contributed by atoms with Crippen LogP contribution in [0.4, 0.5) is 0 Å². The minimum absolute atomic E-state index is 0.504. The predicted molar refractivity (Wildman–Crippen MR) is 66.3 cm³/mol. The Morgan fingerprint density at radius 3 is 3.06 bits per heavy atom. The predicted octanol–water partition coefficient (Wildman–Crippen LogP) is 1.09. The lowest BCUT2D eigenvalue weighted by Gasteiger charge is -2.37. The lowest BCUT2D eigenvalue weighted by Crippen LogP contribution is -2.49. The van der Waals surface area contributed by atoms with Crippen LogP contribution in [0.1, 0.15) is 18.2 Å². The Labute approximate surface area is 102 Å². The number of likely N-dealkylation sites (N-methyl/N-ethyl adjacent to an activating group) is 1. The summed E-state index contributed by atoms with van der Waals surface area (Å²) in [6.45, 7) is 6.44. The van der Waals surface area contributed by atoms with Crippen LogP contribution >= 0.6 is 0 Å². The van der Waals surface area contributed by atoms with E-state index in [1.165, 1.54) is 5.56 Å². The van der Waals surface area contributed by atoms with Gasteiger partial charge in [0.2, 0.25) is 0 Å². The van der Waals surface area contributed by atoms with Crippen molar-refractivity contribution in [2.24, 2.45) is 0 Å². The lowest BCUT2D eigenvalue weighted by molar-refractivity contribution is 0.1000. The summed E-state index contributed by atoms with van der Waals surface area (Å²) in [5.41, 5.74) is 1.68. The van der Waals surface area contributed by atoms with Crippen LogP contribution in [0.2, 0.25) is 0 Å². The fourth-order valence-corrected chi connectivity index (χ4v) is 2.16. The molecular weight excluding hydrogens is 212 g/mol. The molecule has 4 nitrogen and oxygen atoms in total. The molecule has 1 fully saturated rings. The maximum atomic E-state index is 8.81. The summed E-state index contributed by atoms with van der Waals surface area (Å²) in [5.74, 6) is 0. The van der Waals surface area contributed by atoms with Gasteiger partial charge in [0, 0.05) is 38.4 Å².